The van der Waals surface area contributed by atoms with Crippen molar-refractivity contribution in [1.82, 2.24) is 0 Å². The Morgan fingerprint density at radius 1 is 0.452 bits per heavy atom. The molecule has 14 nitrogen and oxygen atoms in total. The van der Waals surface area contributed by atoms with Crippen molar-refractivity contribution < 1.29 is 57.0 Å². The number of non-ortho nitro benzene ring substituents is 1. The average Bonchev–Trinajstić information content (AvgIpc) is 3.00. The van der Waals surface area contributed by atoms with E-state index in [4.69, 9.17) is 52.1 Å². The molecule has 0 fully saturated rings. The minimum absolute atomic E-state index is 0.0269. The van der Waals surface area contributed by atoms with Gasteiger partial charge in [0.05, 0.1) is 130 Å². The van der Waals surface area contributed by atoms with Crippen LogP contribution < -0.4 is 4.74 Å². The van der Waals surface area contributed by atoms with Gasteiger partial charge in [-0.2, -0.15) is 0 Å². The van der Waals surface area contributed by atoms with E-state index in [9.17, 15) is 10.1 Å². The first-order valence-corrected chi connectivity index (χ1v) is 14.4. The van der Waals surface area contributed by atoms with Crippen LogP contribution in [0.1, 0.15) is 6.92 Å². The minimum atomic E-state index is -0.452. The highest BCUT2D eigenvalue weighted by molar-refractivity contribution is 5.35. The van der Waals surface area contributed by atoms with Gasteiger partial charge in [0.1, 0.15) is 12.4 Å². The van der Waals surface area contributed by atoms with E-state index in [0.717, 1.165) is 0 Å². The summed E-state index contributed by atoms with van der Waals surface area (Å²) in [5.74, 6) is 0.558. The molecule has 1 rings (SSSR count). The number of nitro benzene ring substituents is 1. The van der Waals surface area contributed by atoms with Gasteiger partial charge in [-0.25, -0.2) is 0 Å². The van der Waals surface area contributed by atoms with Gasteiger partial charge in [0, 0.05) is 18.7 Å². The topological polar surface area (TPSA) is 145 Å². The lowest BCUT2D eigenvalue weighted by Gasteiger charge is -2.09. The number of nitro groups is 1. The molecule has 1 aromatic carbocycles. The van der Waals surface area contributed by atoms with E-state index in [1.165, 1.54) is 12.1 Å². The van der Waals surface area contributed by atoms with Crippen molar-refractivity contribution in [3.05, 3.63) is 34.4 Å². The fraction of sp³-hybridized carbons (Fsp3) is 0.786. The Labute approximate surface area is 248 Å². The molecule has 14 heteroatoms. The predicted molar refractivity (Wildman–Crippen MR) is 152 cm³/mol. The molecule has 0 aliphatic heterocycles. The Bertz CT molecular complexity index is 712. The van der Waals surface area contributed by atoms with Crippen molar-refractivity contribution in [3.63, 3.8) is 0 Å². The molecule has 0 amide bonds. The lowest BCUT2D eigenvalue weighted by molar-refractivity contribution is -0.384. The van der Waals surface area contributed by atoms with Crippen LogP contribution in [0, 0.1) is 10.1 Å². The predicted octanol–water partition coefficient (Wildman–Crippen LogP) is 2.16. The number of nitrogens with zero attached hydrogens (tertiary/aromatic N) is 1. The Kier molecular flexibility index (Phi) is 27.6. The zero-order chi connectivity index (χ0) is 30.2. The molecule has 0 aromatic heterocycles. The normalized spacial score (nSPS) is 11.3. The van der Waals surface area contributed by atoms with Gasteiger partial charge in [0.15, 0.2) is 0 Å². The van der Waals surface area contributed by atoms with Crippen LogP contribution in [0.15, 0.2) is 24.3 Å². The molecule has 1 aromatic rings. The van der Waals surface area contributed by atoms with Crippen molar-refractivity contribution in [2.24, 2.45) is 0 Å². The first-order chi connectivity index (χ1) is 20.7. The SMILES string of the molecule is CCOCCOCCOCCOCCOCCOCCOCCOCCOCCOCCOc1ccc([N+](=O)[O-])cc1. The molecular weight excluding hydrogens is 558 g/mol. The fourth-order valence-electron chi connectivity index (χ4n) is 3.01. The molecular formula is C28H49NO13. The van der Waals surface area contributed by atoms with Gasteiger partial charge in [0.25, 0.3) is 5.69 Å². The van der Waals surface area contributed by atoms with Crippen LogP contribution in [0.2, 0.25) is 0 Å². The maximum Gasteiger partial charge on any atom is 0.269 e. The van der Waals surface area contributed by atoms with Crippen molar-refractivity contribution in [2.45, 2.75) is 6.92 Å². The summed E-state index contributed by atoms with van der Waals surface area (Å²) in [6, 6.07) is 5.91. The largest absolute Gasteiger partial charge is 0.491 e. The smallest absolute Gasteiger partial charge is 0.269 e. The Balaban J connectivity index is 1.66. The molecule has 0 heterocycles. The van der Waals surface area contributed by atoms with E-state index in [2.05, 4.69) is 0 Å². The molecule has 0 spiro atoms. The third-order valence-electron chi connectivity index (χ3n) is 5.10. The van der Waals surface area contributed by atoms with Gasteiger partial charge >= 0.3 is 0 Å². The summed E-state index contributed by atoms with van der Waals surface area (Å²) in [6.07, 6.45) is 0. The summed E-state index contributed by atoms with van der Waals surface area (Å²) in [6.45, 7) is 12.6. The zero-order valence-corrected chi connectivity index (χ0v) is 24.9. The van der Waals surface area contributed by atoms with E-state index in [-0.39, 0.29) is 5.69 Å². The molecule has 0 saturated carbocycles. The monoisotopic (exact) mass is 607 g/mol. The maximum atomic E-state index is 10.6. The van der Waals surface area contributed by atoms with Gasteiger partial charge in [0.2, 0.25) is 0 Å². The first-order valence-electron chi connectivity index (χ1n) is 14.4. The highest BCUT2D eigenvalue weighted by atomic mass is 16.6. The van der Waals surface area contributed by atoms with Crippen LogP contribution in [0.5, 0.6) is 5.75 Å². The standard InChI is InChI=1S/C28H49NO13/c1-2-32-7-8-33-9-10-34-11-12-35-13-14-36-15-16-37-17-18-38-19-20-39-21-22-40-23-24-41-25-26-42-28-5-3-27(4-6-28)29(30)31/h3-6H,2,7-26H2,1H3. The van der Waals surface area contributed by atoms with E-state index in [1.807, 2.05) is 6.92 Å². The summed E-state index contributed by atoms with van der Waals surface area (Å²) in [4.78, 5) is 10.2. The molecule has 0 radical (unpaired) electrons. The molecule has 42 heavy (non-hydrogen) atoms. The Morgan fingerprint density at radius 2 is 0.714 bits per heavy atom. The third-order valence-corrected chi connectivity index (χ3v) is 5.10. The third kappa shape index (κ3) is 25.7. The van der Waals surface area contributed by atoms with Crippen molar-refractivity contribution >= 4 is 5.69 Å². The molecule has 0 aliphatic carbocycles. The van der Waals surface area contributed by atoms with E-state index >= 15 is 0 Å². The number of ether oxygens (including phenoxy) is 11. The number of rotatable bonds is 33. The highest BCUT2D eigenvalue weighted by Gasteiger charge is 2.04. The van der Waals surface area contributed by atoms with Crippen LogP contribution in [-0.4, -0.2) is 144 Å². The number of hydrogen-bond donors (Lipinski definition) is 0. The van der Waals surface area contributed by atoms with E-state index in [0.29, 0.717) is 144 Å². The van der Waals surface area contributed by atoms with Crippen molar-refractivity contribution in [1.29, 1.82) is 0 Å². The summed E-state index contributed by atoms with van der Waals surface area (Å²) < 4.78 is 59.5. The summed E-state index contributed by atoms with van der Waals surface area (Å²) in [5.41, 5.74) is 0.0269. The second-order valence-electron chi connectivity index (χ2n) is 8.31. The van der Waals surface area contributed by atoms with E-state index in [1.54, 1.807) is 12.1 Å². The first kappa shape index (κ1) is 38.0. The molecule has 0 bridgehead atoms. The second-order valence-corrected chi connectivity index (χ2v) is 8.31. The van der Waals surface area contributed by atoms with E-state index < -0.39 is 4.92 Å². The van der Waals surface area contributed by atoms with Gasteiger partial charge < -0.3 is 52.1 Å². The zero-order valence-electron chi connectivity index (χ0n) is 24.9. The summed E-state index contributed by atoms with van der Waals surface area (Å²) >= 11 is 0. The minimum Gasteiger partial charge on any atom is -0.491 e. The highest BCUT2D eigenvalue weighted by Crippen LogP contribution is 2.17. The summed E-state index contributed by atoms with van der Waals surface area (Å²) in [7, 11) is 0. The van der Waals surface area contributed by atoms with Crippen molar-refractivity contribution in [2.75, 3.05) is 139 Å². The van der Waals surface area contributed by atoms with Gasteiger partial charge in [-0.15, -0.1) is 0 Å². The molecule has 0 saturated heterocycles. The van der Waals surface area contributed by atoms with Gasteiger partial charge in [-0.3, -0.25) is 10.1 Å². The van der Waals surface area contributed by atoms with Crippen LogP contribution in [0.3, 0.4) is 0 Å². The second kappa shape index (κ2) is 30.5. The quantitative estimate of drug-likeness (QED) is 0.0654. The van der Waals surface area contributed by atoms with Crippen LogP contribution in [-0.2, 0) is 47.4 Å². The number of hydrogen-bond acceptors (Lipinski definition) is 13. The van der Waals surface area contributed by atoms with Crippen molar-refractivity contribution in [3.8, 4) is 5.75 Å². The molecule has 0 unspecified atom stereocenters. The summed E-state index contributed by atoms with van der Waals surface area (Å²) in [5, 5.41) is 10.6. The number of benzene rings is 1. The fourth-order valence-corrected chi connectivity index (χ4v) is 3.01. The lowest BCUT2D eigenvalue weighted by Crippen LogP contribution is -2.15. The molecule has 244 valence electrons. The molecule has 0 atom stereocenters. The Hall–Kier alpha value is -1.98. The van der Waals surface area contributed by atoms with Crippen LogP contribution in [0.4, 0.5) is 5.69 Å². The Morgan fingerprint density at radius 3 is 0.976 bits per heavy atom. The lowest BCUT2D eigenvalue weighted by atomic mass is 10.3. The van der Waals surface area contributed by atoms with Crippen LogP contribution in [0.25, 0.3) is 0 Å². The van der Waals surface area contributed by atoms with Gasteiger partial charge in [-0.05, 0) is 19.1 Å². The van der Waals surface area contributed by atoms with Gasteiger partial charge in [-0.1, -0.05) is 0 Å². The maximum absolute atomic E-state index is 10.6. The van der Waals surface area contributed by atoms with Crippen LogP contribution >= 0.6 is 0 Å². The molecule has 0 N–H and O–H groups in total. The molecule has 0 aliphatic rings. The average molecular weight is 608 g/mol.